The first-order chi connectivity index (χ1) is 21.2. The Morgan fingerprint density at radius 1 is 0.955 bits per heavy atom. The molecule has 44 heavy (non-hydrogen) atoms. The van der Waals surface area contributed by atoms with E-state index in [1.807, 2.05) is 19.1 Å². The predicted octanol–water partition coefficient (Wildman–Crippen LogP) is 4.03. The molecule has 242 valence electrons. The van der Waals surface area contributed by atoms with Gasteiger partial charge in [0, 0.05) is 19.5 Å². The van der Waals surface area contributed by atoms with Crippen molar-refractivity contribution in [2.24, 2.45) is 11.8 Å². The summed E-state index contributed by atoms with van der Waals surface area (Å²) in [5.74, 6) is -2.02. The van der Waals surface area contributed by atoms with Crippen LogP contribution < -0.4 is 16.0 Å². The highest BCUT2D eigenvalue weighted by atomic mass is 16.2. The molecule has 1 heterocycles. The van der Waals surface area contributed by atoms with E-state index in [-0.39, 0.29) is 24.3 Å². The number of likely N-dealkylation sites (tertiary alicyclic amines) is 1. The van der Waals surface area contributed by atoms with Crippen LogP contribution in [0.2, 0.25) is 0 Å². The highest BCUT2D eigenvalue weighted by molar-refractivity contribution is 6.38. The number of nitrogens with zero attached hydrogens (tertiary/aromatic N) is 1. The number of carbonyl (C=O) groups excluding carboxylic acids is 5. The molecule has 0 radical (unpaired) electrons. The first-order valence-electron chi connectivity index (χ1n) is 16.6. The van der Waals surface area contributed by atoms with E-state index in [2.05, 4.69) is 48.5 Å². The van der Waals surface area contributed by atoms with E-state index in [1.165, 1.54) is 23.6 Å². The molecule has 3 aliphatic rings. The van der Waals surface area contributed by atoms with Crippen molar-refractivity contribution in [1.29, 1.82) is 0 Å². The molecule has 1 saturated heterocycles. The maximum atomic E-state index is 14.1. The Labute approximate surface area is 263 Å². The summed E-state index contributed by atoms with van der Waals surface area (Å²) in [4.78, 5) is 67.4. The number of Topliss-reactive ketones (excluding diaryl/α,β-unsaturated/α-hetero) is 1. The molecule has 0 aromatic heterocycles. The fourth-order valence-corrected chi connectivity index (χ4v) is 6.64. The normalized spacial score (nSPS) is 19.2. The fourth-order valence-electron chi connectivity index (χ4n) is 6.64. The van der Waals surface area contributed by atoms with Crippen LogP contribution in [0.1, 0.15) is 96.1 Å². The molecular weight excluding hydrogens is 556 g/mol. The van der Waals surface area contributed by atoms with Crippen LogP contribution in [0.5, 0.6) is 0 Å². The minimum atomic E-state index is -0.971. The highest BCUT2D eigenvalue weighted by Gasteiger charge is 2.43. The van der Waals surface area contributed by atoms with Gasteiger partial charge in [0.15, 0.2) is 0 Å². The third kappa shape index (κ3) is 9.50. The molecule has 0 spiro atoms. The molecule has 1 saturated carbocycles. The molecular formula is C35H52N4O5. The Morgan fingerprint density at radius 3 is 2.18 bits per heavy atom. The van der Waals surface area contributed by atoms with Crippen LogP contribution in [0.4, 0.5) is 0 Å². The number of nitrogens with one attached hydrogen (secondary N) is 3. The van der Waals surface area contributed by atoms with Crippen LogP contribution in [0.15, 0.2) is 36.9 Å². The van der Waals surface area contributed by atoms with Crippen LogP contribution in [-0.4, -0.2) is 65.5 Å². The van der Waals surface area contributed by atoms with Crippen LogP contribution in [0.3, 0.4) is 0 Å². The van der Waals surface area contributed by atoms with Crippen molar-refractivity contribution in [2.75, 3.05) is 13.1 Å². The number of hydrogen-bond donors (Lipinski definition) is 3. The Morgan fingerprint density at radius 2 is 1.59 bits per heavy atom. The average molecular weight is 609 g/mol. The number of ketones is 1. The molecule has 4 amide bonds. The average Bonchev–Trinajstić information content (AvgIpc) is 3.79. The quantitative estimate of drug-likeness (QED) is 0.230. The van der Waals surface area contributed by atoms with Crippen molar-refractivity contribution in [1.82, 2.24) is 20.9 Å². The second kappa shape index (κ2) is 17.7. The summed E-state index contributed by atoms with van der Waals surface area (Å²) in [7, 11) is 0. The van der Waals surface area contributed by atoms with Crippen molar-refractivity contribution in [3.63, 3.8) is 0 Å². The number of benzene rings is 1. The lowest BCUT2D eigenvalue weighted by molar-refractivity contribution is -0.144. The lowest BCUT2D eigenvalue weighted by Crippen LogP contribution is -2.58. The van der Waals surface area contributed by atoms with Gasteiger partial charge in [-0.2, -0.15) is 0 Å². The first kappa shape index (κ1) is 35.0. The number of fused-ring (bicyclic) bond motifs is 1. The van der Waals surface area contributed by atoms with Gasteiger partial charge >= 0.3 is 0 Å². The topological polar surface area (TPSA) is 125 Å². The van der Waals surface area contributed by atoms with Crippen molar-refractivity contribution in [2.45, 2.75) is 116 Å². The van der Waals surface area contributed by atoms with Crippen molar-refractivity contribution in [3.8, 4) is 0 Å². The van der Waals surface area contributed by atoms with E-state index in [0.717, 1.165) is 25.7 Å². The lowest BCUT2D eigenvalue weighted by atomic mass is 9.94. The molecule has 4 rings (SSSR count). The lowest BCUT2D eigenvalue weighted by Gasteiger charge is -2.32. The minimum Gasteiger partial charge on any atom is -0.346 e. The maximum absolute atomic E-state index is 14.1. The molecule has 1 aromatic rings. The number of amides is 4. The van der Waals surface area contributed by atoms with Gasteiger partial charge in [-0.1, -0.05) is 76.8 Å². The number of carbonyl (C=O) groups is 5. The predicted molar refractivity (Wildman–Crippen MR) is 172 cm³/mol. The third-order valence-corrected chi connectivity index (χ3v) is 8.76. The molecule has 9 nitrogen and oxygen atoms in total. The summed E-state index contributed by atoms with van der Waals surface area (Å²) in [6.45, 7) is 10.2. The fraction of sp³-hybridized carbons (Fsp3) is 0.629. The monoisotopic (exact) mass is 608 g/mol. The van der Waals surface area contributed by atoms with Crippen LogP contribution in [-0.2, 0) is 36.8 Å². The van der Waals surface area contributed by atoms with E-state index in [0.29, 0.717) is 57.4 Å². The summed E-state index contributed by atoms with van der Waals surface area (Å²) in [5.41, 5.74) is 2.37. The smallest absolute Gasteiger partial charge is 0.289 e. The molecule has 3 atom stereocenters. The van der Waals surface area contributed by atoms with Gasteiger partial charge in [-0.3, -0.25) is 24.0 Å². The Kier molecular flexibility index (Phi) is 14.1. The standard InChI is InChI=1S/C32H44N4O5.C3H8/c1-3-10-25(29(38)31(40)33-16-4-2)34-30(39)26-15-9-17-36(26)32(41)28(35-27(37)18-21-11-5-6-12-21)24-19-22-13-7-8-14-23(22)20-24;1-3-2/h4,7-8,13-14,21,24-26,28H,2-3,5-6,9-12,15-20H2,1H3,(H,33,40)(H,34,39)(H,35,37);3H2,1-2H3/t25?,26-,28-;/m0./s1. The van der Waals surface area contributed by atoms with E-state index in [4.69, 9.17) is 0 Å². The van der Waals surface area contributed by atoms with Gasteiger partial charge < -0.3 is 20.9 Å². The van der Waals surface area contributed by atoms with E-state index in [1.54, 1.807) is 4.90 Å². The number of rotatable bonds is 13. The van der Waals surface area contributed by atoms with Gasteiger partial charge in [-0.05, 0) is 67.9 Å². The van der Waals surface area contributed by atoms with Crippen LogP contribution in [0.25, 0.3) is 0 Å². The largest absolute Gasteiger partial charge is 0.346 e. The maximum Gasteiger partial charge on any atom is 0.289 e. The minimum absolute atomic E-state index is 0.0975. The van der Waals surface area contributed by atoms with E-state index < -0.39 is 35.7 Å². The first-order valence-corrected chi connectivity index (χ1v) is 16.6. The van der Waals surface area contributed by atoms with Gasteiger partial charge in [0.25, 0.3) is 5.91 Å². The van der Waals surface area contributed by atoms with Gasteiger partial charge in [-0.25, -0.2) is 0 Å². The molecule has 0 bridgehead atoms. The zero-order chi connectivity index (χ0) is 32.1. The molecule has 2 fully saturated rings. The molecule has 2 aliphatic carbocycles. The summed E-state index contributed by atoms with van der Waals surface area (Å²) >= 11 is 0. The second-order valence-electron chi connectivity index (χ2n) is 12.4. The van der Waals surface area contributed by atoms with Gasteiger partial charge in [0.2, 0.25) is 23.5 Å². The van der Waals surface area contributed by atoms with Crippen molar-refractivity contribution in [3.05, 3.63) is 48.0 Å². The molecule has 1 aromatic carbocycles. The van der Waals surface area contributed by atoms with Crippen LogP contribution >= 0.6 is 0 Å². The van der Waals surface area contributed by atoms with Crippen LogP contribution in [0, 0.1) is 11.8 Å². The van der Waals surface area contributed by atoms with E-state index in [9.17, 15) is 24.0 Å². The van der Waals surface area contributed by atoms with Crippen molar-refractivity contribution >= 4 is 29.4 Å². The highest BCUT2D eigenvalue weighted by Crippen LogP contribution is 2.32. The van der Waals surface area contributed by atoms with Gasteiger partial charge in [-0.15, -0.1) is 6.58 Å². The SMILES string of the molecule is C=CCNC(=O)C(=O)C(CCC)NC(=O)[C@@H]1CCCN1C(=O)[C@@H](NC(=O)CC1CCCC1)C1Cc2ccccc2C1.CCC. The summed E-state index contributed by atoms with van der Waals surface area (Å²) in [5, 5.41) is 8.33. The molecule has 1 unspecified atom stereocenters. The Balaban J connectivity index is 0.00000169. The summed E-state index contributed by atoms with van der Waals surface area (Å²) < 4.78 is 0. The number of hydrogen-bond acceptors (Lipinski definition) is 5. The molecule has 1 aliphatic heterocycles. The summed E-state index contributed by atoms with van der Waals surface area (Å²) in [6.07, 6.45) is 10.9. The second-order valence-corrected chi connectivity index (χ2v) is 12.4. The summed E-state index contributed by atoms with van der Waals surface area (Å²) in [6, 6.07) is 5.65. The zero-order valence-corrected chi connectivity index (χ0v) is 26.9. The van der Waals surface area contributed by atoms with Crippen molar-refractivity contribution < 1.29 is 24.0 Å². The third-order valence-electron chi connectivity index (χ3n) is 8.76. The Bertz CT molecular complexity index is 1140. The van der Waals surface area contributed by atoms with E-state index >= 15 is 0 Å². The Hall–Kier alpha value is -3.49. The molecule has 3 N–H and O–H groups in total. The zero-order valence-electron chi connectivity index (χ0n) is 26.9. The van der Waals surface area contributed by atoms with Gasteiger partial charge in [0.05, 0.1) is 6.04 Å². The van der Waals surface area contributed by atoms with Gasteiger partial charge in [0.1, 0.15) is 12.1 Å². The molecule has 9 heteroatoms.